The smallest absolute Gasteiger partial charge is 0.253 e. The molecule has 1 N–H and O–H groups in total. The summed E-state index contributed by atoms with van der Waals surface area (Å²) in [5.74, 6) is 1.75. The monoisotopic (exact) mass is 458 g/mol. The van der Waals surface area contributed by atoms with Gasteiger partial charge in [-0.3, -0.25) is 4.79 Å². The molecule has 140 valence electrons. The molecular formula is C19H31IN4O. The Balaban J connectivity index is 0.00000312. The summed E-state index contributed by atoms with van der Waals surface area (Å²) in [6, 6.07) is 7.73. The number of hydrogen-bond donors (Lipinski definition) is 1. The van der Waals surface area contributed by atoms with Crippen molar-refractivity contribution in [3.8, 4) is 0 Å². The van der Waals surface area contributed by atoms with Crippen molar-refractivity contribution in [1.29, 1.82) is 0 Å². The molecule has 6 heteroatoms. The van der Waals surface area contributed by atoms with Crippen molar-refractivity contribution in [2.24, 2.45) is 10.9 Å². The van der Waals surface area contributed by atoms with Gasteiger partial charge in [-0.2, -0.15) is 0 Å². The largest absolute Gasteiger partial charge is 0.357 e. The number of carbonyl (C=O) groups is 1. The van der Waals surface area contributed by atoms with Crippen LogP contribution in [0.3, 0.4) is 0 Å². The van der Waals surface area contributed by atoms with Gasteiger partial charge in [0.05, 0.1) is 6.54 Å². The van der Waals surface area contributed by atoms with E-state index in [-0.39, 0.29) is 29.9 Å². The lowest BCUT2D eigenvalue weighted by Gasteiger charge is -2.33. The Morgan fingerprint density at radius 2 is 2.00 bits per heavy atom. The highest BCUT2D eigenvalue weighted by Gasteiger charge is 2.19. The van der Waals surface area contributed by atoms with Gasteiger partial charge in [0.1, 0.15) is 0 Å². The molecule has 0 aliphatic carbocycles. The van der Waals surface area contributed by atoms with Gasteiger partial charge in [0.15, 0.2) is 5.96 Å². The molecule has 1 amide bonds. The molecule has 5 nitrogen and oxygen atoms in total. The van der Waals surface area contributed by atoms with Gasteiger partial charge in [-0.15, -0.1) is 24.0 Å². The van der Waals surface area contributed by atoms with E-state index < -0.39 is 0 Å². The Morgan fingerprint density at radius 1 is 1.32 bits per heavy atom. The molecule has 1 atom stereocenters. The third kappa shape index (κ3) is 6.49. The summed E-state index contributed by atoms with van der Waals surface area (Å²) in [5.41, 5.74) is 1.83. The number of nitrogens with one attached hydrogen (secondary N) is 1. The van der Waals surface area contributed by atoms with Crippen molar-refractivity contribution >= 4 is 35.8 Å². The summed E-state index contributed by atoms with van der Waals surface area (Å²) in [4.78, 5) is 20.7. The fourth-order valence-electron chi connectivity index (χ4n) is 2.98. The minimum absolute atomic E-state index is 0. The van der Waals surface area contributed by atoms with E-state index >= 15 is 0 Å². The van der Waals surface area contributed by atoms with E-state index in [1.54, 1.807) is 19.0 Å². The van der Waals surface area contributed by atoms with Crippen LogP contribution >= 0.6 is 24.0 Å². The molecule has 1 unspecified atom stereocenters. The van der Waals surface area contributed by atoms with Crippen LogP contribution in [0, 0.1) is 5.92 Å². The maximum Gasteiger partial charge on any atom is 0.253 e. The Morgan fingerprint density at radius 3 is 2.56 bits per heavy atom. The molecule has 2 rings (SSSR count). The molecule has 0 saturated carbocycles. The number of amides is 1. The van der Waals surface area contributed by atoms with Crippen LogP contribution in [0.15, 0.2) is 29.3 Å². The zero-order chi connectivity index (χ0) is 17.5. The maximum absolute atomic E-state index is 11.9. The maximum atomic E-state index is 11.9. The highest BCUT2D eigenvalue weighted by molar-refractivity contribution is 14.0. The summed E-state index contributed by atoms with van der Waals surface area (Å²) < 4.78 is 0. The Kier molecular flexibility index (Phi) is 9.24. The van der Waals surface area contributed by atoms with Crippen molar-refractivity contribution in [1.82, 2.24) is 15.1 Å². The van der Waals surface area contributed by atoms with Crippen LogP contribution in [0.4, 0.5) is 0 Å². The highest BCUT2D eigenvalue weighted by atomic mass is 127. The summed E-state index contributed by atoms with van der Waals surface area (Å²) in [5, 5.41) is 3.40. The molecule has 0 bridgehead atoms. The summed E-state index contributed by atoms with van der Waals surface area (Å²) in [6.07, 6.45) is 2.53. The number of guanidine groups is 1. The normalized spacial score (nSPS) is 17.7. The van der Waals surface area contributed by atoms with Crippen molar-refractivity contribution in [2.45, 2.75) is 33.2 Å². The van der Waals surface area contributed by atoms with Crippen LogP contribution in [-0.4, -0.2) is 55.4 Å². The van der Waals surface area contributed by atoms with Crippen LogP contribution in [0.1, 0.15) is 42.6 Å². The number of nitrogens with zero attached hydrogens (tertiary/aromatic N) is 3. The average molecular weight is 458 g/mol. The number of piperidine rings is 1. The molecular weight excluding hydrogens is 427 g/mol. The zero-order valence-corrected chi connectivity index (χ0v) is 18.1. The standard InChI is InChI=1S/C19H30N4O.HI/c1-5-20-19(23-12-6-7-15(2)14-23)21-13-16-8-10-17(11-9-16)18(24)22(3)4;/h8-11,15H,5-7,12-14H2,1-4H3,(H,20,21);1H. The van der Waals surface area contributed by atoms with E-state index in [4.69, 9.17) is 4.99 Å². The second kappa shape index (κ2) is 10.6. The van der Waals surface area contributed by atoms with Gasteiger partial charge in [0.25, 0.3) is 5.91 Å². The van der Waals surface area contributed by atoms with Gasteiger partial charge in [-0.25, -0.2) is 4.99 Å². The fourth-order valence-corrected chi connectivity index (χ4v) is 2.98. The van der Waals surface area contributed by atoms with Gasteiger partial charge in [0.2, 0.25) is 0 Å². The van der Waals surface area contributed by atoms with Gasteiger partial charge >= 0.3 is 0 Å². The lowest BCUT2D eigenvalue weighted by atomic mass is 10.0. The molecule has 1 fully saturated rings. The van der Waals surface area contributed by atoms with E-state index in [0.717, 1.165) is 37.1 Å². The number of likely N-dealkylation sites (tertiary alicyclic amines) is 1. The first-order chi connectivity index (χ1) is 11.5. The lowest BCUT2D eigenvalue weighted by Crippen LogP contribution is -2.46. The van der Waals surface area contributed by atoms with Crippen molar-refractivity contribution < 1.29 is 4.79 Å². The van der Waals surface area contributed by atoms with Crippen LogP contribution in [-0.2, 0) is 6.54 Å². The SMILES string of the molecule is CCNC(=NCc1ccc(C(=O)N(C)C)cc1)N1CCCC(C)C1.I. The molecule has 1 saturated heterocycles. The molecule has 1 aromatic carbocycles. The van der Waals surface area contributed by atoms with Gasteiger partial charge in [-0.1, -0.05) is 19.1 Å². The molecule has 1 aliphatic rings. The zero-order valence-electron chi connectivity index (χ0n) is 15.8. The second-order valence-electron chi connectivity index (χ2n) is 6.76. The summed E-state index contributed by atoms with van der Waals surface area (Å²) in [7, 11) is 3.53. The van der Waals surface area contributed by atoms with Gasteiger partial charge in [0, 0.05) is 39.3 Å². The third-order valence-corrected chi connectivity index (χ3v) is 4.31. The first kappa shape index (κ1) is 21.7. The van der Waals surface area contributed by atoms with Crippen molar-refractivity contribution in [3.05, 3.63) is 35.4 Å². The first-order valence-electron chi connectivity index (χ1n) is 8.85. The lowest BCUT2D eigenvalue weighted by molar-refractivity contribution is 0.0827. The van der Waals surface area contributed by atoms with Gasteiger partial charge < -0.3 is 15.1 Å². The molecule has 1 aromatic rings. The van der Waals surface area contributed by atoms with E-state index in [2.05, 4.69) is 24.1 Å². The average Bonchev–Trinajstić information content (AvgIpc) is 2.58. The second-order valence-corrected chi connectivity index (χ2v) is 6.76. The number of benzene rings is 1. The van der Waals surface area contributed by atoms with E-state index in [0.29, 0.717) is 12.1 Å². The van der Waals surface area contributed by atoms with Crippen LogP contribution in [0.25, 0.3) is 0 Å². The number of carbonyl (C=O) groups excluding carboxylic acids is 1. The fraction of sp³-hybridized carbons (Fsp3) is 0.579. The summed E-state index contributed by atoms with van der Waals surface area (Å²) in [6.45, 7) is 8.05. The Labute approximate surface area is 168 Å². The van der Waals surface area contributed by atoms with Crippen LogP contribution < -0.4 is 5.32 Å². The number of halogens is 1. The van der Waals surface area contributed by atoms with E-state index in [9.17, 15) is 4.79 Å². The molecule has 0 aromatic heterocycles. The molecule has 1 aliphatic heterocycles. The van der Waals surface area contributed by atoms with Crippen molar-refractivity contribution in [2.75, 3.05) is 33.7 Å². The minimum Gasteiger partial charge on any atom is -0.357 e. The molecule has 1 heterocycles. The minimum atomic E-state index is 0. The quantitative estimate of drug-likeness (QED) is 0.429. The van der Waals surface area contributed by atoms with E-state index in [1.807, 2.05) is 24.3 Å². The van der Waals surface area contributed by atoms with E-state index in [1.165, 1.54) is 12.8 Å². The number of aliphatic imine (C=N–C) groups is 1. The topological polar surface area (TPSA) is 47.9 Å². The third-order valence-electron chi connectivity index (χ3n) is 4.31. The predicted molar refractivity (Wildman–Crippen MR) is 115 cm³/mol. The van der Waals surface area contributed by atoms with Crippen LogP contribution in [0.2, 0.25) is 0 Å². The van der Waals surface area contributed by atoms with Gasteiger partial charge in [-0.05, 0) is 43.4 Å². The molecule has 0 spiro atoms. The molecule has 25 heavy (non-hydrogen) atoms. The Hall–Kier alpha value is -1.31. The van der Waals surface area contributed by atoms with Crippen molar-refractivity contribution in [3.63, 3.8) is 0 Å². The number of rotatable bonds is 4. The number of hydrogen-bond acceptors (Lipinski definition) is 2. The summed E-state index contributed by atoms with van der Waals surface area (Å²) >= 11 is 0. The molecule has 0 radical (unpaired) electrons. The highest BCUT2D eigenvalue weighted by Crippen LogP contribution is 2.16. The predicted octanol–water partition coefficient (Wildman–Crippen LogP) is 3.20. The first-order valence-corrected chi connectivity index (χ1v) is 8.85. The Bertz CT molecular complexity index is 571. The van der Waals surface area contributed by atoms with Crippen LogP contribution in [0.5, 0.6) is 0 Å².